The van der Waals surface area contributed by atoms with Gasteiger partial charge in [0.25, 0.3) is 5.91 Å². The number of nitrogens with one attached hydrogen (secondary N) is 1. The molecular formula is C23H24N2O2. The molecule has 27 heavy (non-hydrogen) atoms. The first kappa shape index (κ1) is 18.7. The van der Waals surface area contributed by atoms with Crippen LogP contribution in [0.3, 0.4) is 0 Å². The summed E-state index contributed by atoms with van der Waals surface area (Å²) in [5.41, 5.74) is 1.75. The van der Waals surface area contributed by atoms with Crippen LogP contribution in [0.15, 0.2) is 84.9 Å². The summed E-state index contributed by atoms with van der Waals surface area (Å²) in [6, 6.07) is 27.0. The molecule has 4 heteroatoms. The minimum Gasteiger partial charge on any atom is -0.457 e. The van der Waals surface area contributed by atoms with Crippen LogP contribution in [0.5, 0.6) is 11.5 Å². The lowest BCUT2D eigenvalue weighted by Crippen LogP contribution is -2.34. The summed E-state index contributed by atoms with van der Waals surface area (Å²) in [7, 11) is 4.02. The number of likely N-dealkylation sites (N-methyl/N-ethyl adjacent to an activating group) is 1. The SMILES string of the molecule is CN(C)C(CNC(=O)c1cccc(Oc2ccccc2)c1)c1ccccc1. The van der Waals surface area contributed by atoms with Crippen molar-refractivity contribution in [3.63, 3.8) is 0 Å². The van der Waals surface area contributed by atoms with Crippen molar-refractivity contribution in [3.8, 4) is 11.5 Å². The highest BCUT2D eigenvalue weighted by Crippen LogP contribution is 2.22. The van der Waals surface area contributed by atoms with Crippen LogP contribution in [-0.2, 0) is 0 Å². The molecule has 0 radical (unpaired) electrons. The van der Waals surface area contributed by atoms with Crippen LogP contribution in [0.2, 0.25) is 0 Å². The van der Waals surface area contributed by atoms with Gasteiger partial charge in [-0.05, 0) is 50.0 Å². The van der Waals surface area contributed by atoms with Gasteiger partial charge in [0.1, 0.15) is 11.5 Å². The third-order valence-electron chi connectivity index (χ3n) is 4.34. The molecule has 0 fully saturated rings. The normalized spacial score (nSPS) is 11.8. The van der Waals surface area contributed by atoms with E-state index in [0.717, 1.165) is 5.75 Å². The fourth-order valence-corrected chi connectivity index (χ4v) is 2.89. The Morgan fingerprint density at radius 1 is 0.889 bits per heavy atom. The summed E-state index contributed by atoms with van der Waals surface area (Å²) in [6.45, 7) is 0.527. The summed E-state index contributed by atoms with van der Waals surface area (Å²) in [4.78, 5) is 14.7. The molecule has 0 aliphatic carbocycles. The Balaban J connectivity index is 1.66. The van der Waals surface area contributed by atoms with Crippen molar-refractivity contribution in [2.24, 2.45) is 0 Å². The number of para-hydroxylation sites is 1. The molecule has 4 nitrogen and oxygen atoms in total. The maximum absolute atomic E-state index is 12.6. The zero-order chi connectivity index (χ0) is 19.1. The monoisotopic (exact) mass is 360 g/mol. The van der Waals surface area contributed by atoms with Gasteiger partial charge < -0.3 is 15.0 Å². The van der Waals surface area contributed by atoms with E-state index in [2.05, 4.69) is 22.3 Å². The minimum absolute atomic E-state index is 0.110. The molecule has 0 heterocycles. The van der Waals surface area contributed by atoms with E-state index in [-0.39, 0.29) is 11.9 Å². The third kappa shape index (κ3) is 5.19. The number of carbonyl (C=O) groups is 1. The van der Waals surface area contributed by atoms with Crippen molar-refractivity contribution in [1.29, 1.82) is 0 Å². The second-order valence-corrected chi connectivity index (χ2v) is 6.54. The number of hydrogen-bond acceptors (Lipinski definition) is 3. The first-order valence-electron chi connectivity index (χ1n) is 8.96. The maximum atomic E-state index is 12.6. The minimum atomic E-state index is -0.115. The highest BCUT2D eigenvalue weighted by molar-refractivity contribution is 5.94. The number of nitrogens with zero attached hydrogens (tertiary/aromatic N) is 1. The fourth-order valence-electron chi connectivity index (χ4n) is 2.89. The van der Waals surface area contributed by atoms with Gasteiger partial charge in [-0.15, -0.1) is 0 Å². The molecule has 3 aromatic carbocycles. The summed E-state index contributed by atoms with van der Waals surface area (Å²) < 4.78 is 5.81. The van der Waals surface area contributed by atoms with Crippen molar-refractivity contribution in [1.82, 2.24) is 10.2 Å². The zero-order valence-electron chi connectivity index (χ0n) is 15.6. The number of benzene rings is 3. The van der Waals surface area contributed by atoms with Crippen LogP contribution < -0.4 is 10.1 Å². The Hall–Kier alpha value is -3.11. The van der Waals surface area contributed by atoms with Gasteiger partial charge in [-0.3, -0.25) is 4.79 Å². The summed E-state index contributed by atoms with van der Waals surface area (Å²) in [6.07, 6.45) is 0. The smallest absolute Gasteiger partial charge is 0.251 e. The predicted molar refractivity (Wildman–Crippen MR) is 108 cm³/mol. The second kappa shape index (κ2) is 9.01. The second-order valence-electron chi connectivity index (χ2n) is 6.54. The Labute approximate surface area is 160 Å². The van der Waals surface area contributed by atoms with E-state index < -0.39 is 0 Å². The fraction of sp³-hybridized carbons (Fsp3) is 0.174. The molecule has 0 bridgehead atoms. The largest absolute Gasteiger partial charge is 0.457 e. The average Bonchev–Trinajstić information content (AvgIpc) is 2.69. The van der Waals surface area contributed by atoms with Crippen LogP contribution in [0.1, 0.15) is 22.0 Å². The molecule has 0 spiro atoms. The summed E-state index contributed by atoms with van der Waals surface area (Å²) in [5.74, 6) is 1.27. The van der Waals surface area contributed by atoms with Gasteiger partial charge in [0.05, 0.1) is 6.04 Å². The Morgan fingerprint density at radius 2 is 1.52 bits per heavy atom. The summed E-state index contributed by atoms with van der Waals surface area (Å²) in [5, 5.41) is 3.03. The van der Waals surface area contributed by atoms with Crippen LogP contribution in [-0.4, -0.2) is 31.4 Å². The number of rotatable bonds is 7. The lowest BCUT2D eigenvalue weighted by molar-refractivity contribution is 0.0941. The molecule has 0 aliphatic heterocycles. The standard InChI is InChI=1S/C23H24N2O2/c1-25(2)22(18-10-5-3-6-11-18)17-24-23(26)19-12-9-15-21(16-19)27-20-13-7-4-8-14-20/h3-16,22H,17H2,1-2H3,(H,24,26). The Morgan fingerprint density at radius 3 is 2.19 bits per heavy atom. The van der Waals surface area contributed by atoms with Crippen molar-refractivity contribution < 1.29 is 9.53 Å². The van der Waals surface area contributed by atoms with E-state index in [9.17, 15) is 4.79 Å². The van der Waals surface area contributed by atoms with Crippen LogP contribution in [0, 0.1) is 0 Å². The van der Waals surface area contributed by atoms with Gasteiger partial charge in [0.15, 0.2) is 0 Å². The molecule has 1 N–H and O–H groups in total. The number of carbonyl (C=O) groups excluding carboxylic acids is 1. The van der Waals surface area contributed by atoms with Gasteiger partial charge >= 0.3 is 0 Å². The molecule has 1 unspecified atom stereocenters. The predicted octanol–water partition coefficient (Wildman–Crippen LogP) is 4.51. The van der Waals surface area contributed by atoms with E-state index in [1.165, 1.54) is 5.56 Å². The van der Waals surface area contributed by atoms with Crippen molar-refractivity contribution >= 4 is 5.91 Å². The topological polar surface area (TPSA) is 41.6 Å². The van der Waals surface area contributed by atoms with E-state index in [1.807, 2.05) is 74.8 Å². The maximum Gasteiger partial charge on any atom is 0.251 e. The van der Waals surface area contributed by atoms with Gasteiger partial charge in [0.2, 0.25) is 0 Å². The molecule has 0 saturated carbocycles. The van der Waals surface area contributed by atoms with E-state index in [4.69, 9.17) is 4.74 Å². The highest BCUT2D eigenvalue weighted by atomic mass is 16.5. The molecule has 3 aromatic rings. The van der Waals surface area contributed by atoms with Gasteiger partial charge in [-0.25, -0.2) is 0 Å². The van der Waals surface area contributed by atoms with Crippen molar-refractivity contribution in [3.05, 3.63) is 96.1 Å². The van der Waals surface area contributed by atoms with Crippen molar-refractivity contribution in [2.45, 2.75) is 6.04 Å². The first-order chi connectivity index (χ1) is 13.1. The average molecular weight is 360 g/mol. The Kier molecular flexibility index (Phi) is 6.23. The van der Waals surface area contributed by atoms with E-state index >= 15 is 0 Å². The third-order valence-corrected chi connectivity index (χ3v) is 4.34. The van der Waals surface area contributed by atoms with E-state index in [1.54, 1.807) is 12.1 Å². The molecular weight excluding hydrogens is 336 g/mol. The zero-order valence-corrected chi connectivity index (χ0v) is 15.6. The van der Waals surface area contributed by atoms with Crippen LogP contribution in [0.4, 0.5) is 0 Å². The van der Waals surface area contributed by atoms with Gasteiger partial charge in [-0.2, -0.15) is 0 Å². The molecule has 3 rings (SSSR count). The molecule has 0 saturated heterocycles. The summed E-state index contributed by atoms with van der Waals surface area (Å²) >= 11 is 0. The first-order valence-corrected chi connectivity index (χ1v) is 8.96. The molecule has 1 atom stereocenters. The number of hydrogen-bond donors (Lipinski definition) is 1. The number of amides is 1. The van der Waals surface area contributed by atoms with Crippen LogP contribution >= 0.6 is 0 Å². The Bertz CT molecular complexity index is 864. The molecule has 0 aliphatic rings. The lowest BCUT2D eigenvalue weighted by atomic mass is 10.1. The lowest BCUT2D eigenvalue weighted by Gasteiger charge is -2.25. The van der Waals surface area contributed by atoms with Gasteiger partial charge in [0, 0.05) is 12.1 Å². The highest BCUT2D eigenvalue weighted by Gasteiger charge is 2.16. The van der Waals surface area contributed by atoms with E-state index in [0.29, 0.717) is 17.9 Å². The quantitative estimate of drug-likeness (QED) is 0.674. The van der Waals surface area contributed by atoms with Crippen molar-refractivity contribution in [2.75, 3.05) is 20.6 Å². The molecule has 0 aromatic heterocycles. The van der Waals surface area contributed by atoms with Crippen LogP contribution in [0.25, 0.3) is 0 Å². The number of ether oxygens (including phenoxy) is 1. The van der Waals surface area contributed by atoms with Gasteiger partial charge in [-0.1, -0.05) is 54.6 Å². The molecule has 1 amide bonds. The molecule has 138 valence electrons.